The molecule has 1 aliphatic rings. The fourth-order valence-electron chi connectivity index (χ4n) is 3.42. The van der Waals surface area contributed by atoms with E-state index in [-0.39, 0.29) is 11.9 Å². The molecule has 1 aromatic carbocycles. The van der Waals surface area contributed by atoms with E-state index in [0.29, 0.717) is 5.69 Å². The maximum absolute atomic E-state index is 12.4. The van der Waals surface area contributed by atoms with E-state index in [1.54, 1.807) is 4.68 Å². The molecule has 6 nitrogen and oxygen atoms in total. The average molecular weight is 349 g/mol. The Hall–Kier alpha value is -2.89. The summed E-state index contributed by atoms with van der Waals surface area (Å²) in [5.74, 6) is 0.921. The van der Waals surface area contributed by atoms with Crippen molar-refractivity contribution in [2.24, 2.45) is 7.05 Å². The smallest absolute Gasteiger partial charge is 0.272 e. The van der Waals surface area contributed by atoms with Crippen molar-refractivity contribution in [2.75, 3.05) is 18.0 Å². The molecule has 0 atom stereocenters. The molecule has 134 valence electrons. The van der Waals surface area contributed by atoms with Crippen molar-refractivity contribution in [3.05, 3.63) is 53.9 Å². The Morgan fingerprint density at radius 3 is 2.65 bits per heavy atom. The van der Waals surface area contributed by atoms with E-state index in [4.69, 9.17) is 4.98 Å². The fraction of sp³-hybridized carbons (Fsp3) is 0.350. The zero-order valence-electron chi connectivity index (χ0n) is 15.1. The molecule has 3 aromatic rings. The first-order valence-electron chi connectivity index (χ1n) is 9.02. The van der Waals surface area contributed by atoms with E-state index in [9.17, 15) is 4.79 Å². The Balaban J connectivity index is 1.38. The van der Waals surface area contributed by atoms with Crippen LogP contribution in [0.5, 0.6) is 0 Å². The summed E-state index contributed by atoms with van der Waals surface area (Å²) in [6.07, 6.45) is 1.82. The summed E-state index contributed by atoms with van der Waals surface area (Å²) in [6, 6.07) is 14.4. The highest BCUT2D eigenvalue weighted by Gasteiger charge is 2.23. The number of nitrogens with one attached hydrogen (secondary N) is 1. The maximum Gasteiger partial charge on any atom is 0.272 e. The Morgan fingerprint density at radius 2 is 1.92 bits per heavy atom. The number of fused-ring (bicyclic) bond motifs is 1. The molecule has 6 heteroatoms. The number of pyridine rings is 1. The summed E-state index contributed by atoms with van der Waals surface area (Å²) in [7, 11) is 1.85. The number of anilines is 1. The lowest BCUT2D eigenvalue weighted by Gasteiger charge is -2.33. The van der Waals surface area contributed by atoms with Crippen molar-refractivity contribution >= 4 is 22.6 Å². The van der Waals surface area contributed by atoms with E-state index in [1.807, 2.05) is 38.2 Å². The molecule has 1 aliphatic heterocycles. The van der Waals surface area contributed by atoms with Gasteiger partial charge in [-0.1, -0.05) is 18.2 Å². The van der Waals surface area contributed by atoms with Gasteiger partial charge in [-0.2, -0.15) is 5.10 Å². The zero-order valence-corrected chi connectivity index (χ0v) is 15.1. The van der Waals surface area contributed by atoms with Crippen LogP contribution in [0.15, 0.2) is 42.5 Å². The summed E-state index contributed by atoms with van der Waals surface area (Å²) < 4.78 is 1.73. The second-order valence-electron chi connectivity index (χ2n) is 6.89. The molecular formula is C20H23N5O. The number of hydrogen-bond acceptors (Lipinski definition) is 4. The highest BCUT2D eigenvalue weighted by Crippen LogP contribution is 2.21. The van der Waals surface area contributed by atoms with E-state index in [1.165, 1.54) is 0 Å². The van der Waals surface area contributed by atoms with Gasteiger partial charge < -0.3 is 10.2 Å². The minimum atomic E-state index is -0.0871. The normalized spacial score (nSPS) is 15.4. The van der Waals surface area contributed by atoms with Gasteiger partial charge in [0.2, 0.25) is 0 Å². The molecule has 0 radical (unpaired) electrons. The summed E-state index contributed by atoms with van der Waals surface area (Å²) >= 11 is 0. The summed E-state index contributed by atoms with van der Waals surface area (Å²) in [4.78, 5) is 19.4. The summed E-state index contributed by atoms with van der Waals surface area (Å²) in [5, 5.41) is 8.52. The van der Waals surface area contributed by atoms with Gasteiger partial charge in [0.1, 0.15) is 11.5 Å². The number of carbonyl (C=O) groups is 1. The van der Waals surface area contributed by atoms with Crippen molar-refractivity contribution in [1.29, 1.82) is 0 Å². The van der Waals surface area contributed by atoms with Crippen LogP contribution in [0.25, 0.3) is 10.9 Å². The molecule has 1 saturated heterocycles. The third-order valence-electron chi connectivity index (χ3n) is 5.08. The minimum Gasteiger partial charge on any atom is -0.356 e. The van der Waals surface area contributed by atoms with E-state index >= 15 is 0 Å². The number of amides is 1. The van der Waals surface area contributed by atoms with Crippen LogP contribution >= 0.6 is 0 Å². The SMILES string of the molecule is Cc1cc(C(=O)NC2CCN(c3ccc4ccccc4n3)CC2)nn1C. The van der Waals surface area contributed by atoms with Crippen LogP contribution in [0.1, 0.15) is 29.0 Å². The largest absolute Gasteiger partial charge is 0.356 e. The molecule has 0 spiro atoms. The van der Waals surface area contributed by atoms with Crippen LogP contribution in [0.2, 0.25) is 0 Å². The third kappa shape index (κ3) is 3.27. The molecule has 0 unspecified atom stereocenters. The van der Waals surface area contributed by atoms with Gasteiger partial charge in [0.25, 0.3) is 5.91 Å². The molecule has 3 heterocycles. The molecule has 2 aromatic heterocycles. The van der Waals surface area contributed by atoms with Crippen LogP contribution in [0.4, 0.5) is 5.82 Å². The number of piperidine rings is 1. The van der Waals surface area contributed by atoms with Gasteiger partial charge in [-0.15, -0.1) is 0 Å². The van der Waals surface area contributed by atoms with Gasteiger partial charge in [-0.3, -0.25) is 9.48 Å². The summed E-state index contributed by atoms with van der Waals surface area (Å²) in [5.41, 5.74) is 2.49. The molecule has 0 aliphatic carbocycles. The molecule has 4 rings (SSSR count). The Kier molecular flexibility index (Phi) is 4.32. The zero-order chi connectivity index (χ0) is 18.1. The molecule has 0 saturated carbocycles. The Bertz CT molecular complexity index is 921. The Labute approximate surface area is 152 Å². The quantitative estimate of drug-likeness (QED) is 0.790. The first kappa shape index (κ1) is 16.6. The average Bonchev–Trinajstić information content (AvgIpc) is 3.01. The lowest BCUT2D eigenvalue weighted by atomic mass is 10.0. The number of para-hydroxylation sites is 1. The van der Waals surface area contributed by atoms with Crippen molar-refractivity contribution < 1.29 is 4.79 Å². The number of aromatic nitrogens is 3. The van der Waals surface area contributed by atoms with Gasteiger partial charge in [-0.05, 0) is 44.0 Å². The molecule has 1 N–H and O–H groups in total. The third-order valence-corrected chi connectivity index (χ3v) is 5.08. The predicted octanol–water partition coefficient (Wildman–Crippen LogP) is 2.68. The first-order chi connectivity index (χ1) is 12.6. The van der Waals surface area contributed by atoms with Crippen molar-refractivity contribution in [1.82, 2.24) is 20.1 Å². The lowest BCUT2D eigenvalue weighted by molar-refractivity contribution is 0.0925. The lowest BCUT2D eigenvalue weighted by Crippen LogP contribution is -2.45. The number of carbonyl (C=O) groups excluding carboxylic acids is 1. The Morgan fingerprint density at radius 1 is 1.15 bits per heavy atom. The predicted molar refractivity (Wildman–Crippen MR) is 102 cm³/mol. The molecule has 1 amide bonds. The van der Waals surface area contributed by atoms with E-state index in [2.05, 4.69) is 33.5 Å². The molecule has 26 heavy (non-hydrogen) atoms. The summed E-state index contributed by atoms with van der Waals surface area (Å²) in [6.45, 7) is 3.72. The number of hydrogen-bond donors (Lipinski definition) is 1. The minimum absolute atomic E-state index is 0.0871. The van der Waals surface area contributed by atoms with E-state index < -0.39 is 0 Å². The molecular weight excluding hydrogens is 326 g/mol. The van der Waals surface area contributed by atoms with E-state index in [0.717, 1.165) is 48.3 Å². The van der Waals surface area contributed by atoms with Gasteiger partial charge in [-0.25, -0.2) is 4.98 Å². The fourth-order valence-corrected chi connectivity index (χ4v) is 3.42. The number of nitrogens with zero attached hydrogens (tertiary/aromatic N) is 4. The van der Waals surface area contributed by atoms with Crippen molar-refractivity contribution in [3.63, 3.8) is 0 Å². The van der Waals surface area contributed by atoms with Gasteiger partial charge >= 0.3 is 0 Å². The van der Waals surface area contributed by atoms with Crippen LogP contribution in [0.3, 0.4) is 0 Å². The second kappa shape index (κ2) is 6.78. The van der Waals surface area contributed by atoms with Gasteiger partial charge in [0.05, 0.1) is 5.52 Å². The first-order valence-corrected chi connectivity index (χ1v) is 9.02. The van der Waals surface area contributed by atoms with Crippen LogP contribution < -0.4 is 10.2 Å². The van der Waals surface area contributed by atoms with Crippen molar-refractivity contribution in [2.45, 2.75) is 25.8 Å². The molecule has 0 bridgehead atoms. The van der Waals surface area contributed by atoms with Gasteiger partial charge in [0.15, 0.2) is 0 Å². The monoisotopic (exact) mass is 349 g/mol. The molecule has 1 fully saturated rings. The topological polar surface area (TPSA) is 63.1 Å². The van der Waals surface area contributed by atoms with Gasteiger partial charge in [0, 0.05) is 37.3 Å². The van der Waals surface area contributed by atoms with Crippen LogP contribution in [0, 0.1) is 6.92 Å². The maximum atomic E-state index is 12.4. The van der Waals surface area contributed by atoms with Crippen molar-refractivity contribution in [3.8, 4) is 0 Å². The van der Waals surface area contributed by atoms with Crippen LogP contribution in [-0.2, 0) is 7.05 Å². The standard InChI is InChI=1S/C20H23N5O/c1-14-13-18(23-24(14)2)20(26)21-16-9-11-25(12-10-16)19-8-7-15-5-3-4-6-17(15)22-19/h3-8,13,16H,9-12H2,1-2H3,(H,21,26). The number of aryl methyl sites for hydroxylation is 2. The van der Waals surface area contributed by atoms with Crippen LogP contribution in [-0.4, -0.2) is 39.8 Å². The number of benzene rings is 1. The number of rotatable bonds is 3. The highest BCUT2D eigenvalue weighted by molar-refractivity contribution is 5.92. The second-order valence-corrected chi connectivity index (χ2v) is 6.89. The highest BCUT2D eigenvalue weighted by atomic mass is 16.2.